The molecule has 0 radical (unpaired) electrons. The molecule has 0 aromatic heterocycles. The first-order valence-corrected chi connectivity index (χ1v) is 4.19. The van der Waals surface area contributed by atoms with Gasteiger partial charge in [-0.2, -0.15) is 16.8 Å². The van der Waals surface area contributed by atoms with Crippen LogP contribution in [0.4, 0.5) is 0 Å². The fourth-order valence-electron chi connectivity index (χ4n) is 0. The molecular formula is H10Al2O8S2. The lowest BCUT2D eigenvalue weighted by atomic mass is 15.8. The lowest BCUT2D eigenvalue weighted by molar-refractivity contribution is 0.378. The third kappa shape index (κ3) is 1600. The van der Waals surface area contributed by atoms with Crippen LogP contribution < -0.4 is 0 Å². The molecule has 0 spiro atoms. The molecule has 4 N–H and O–H groups in total. The van der Waals surface area contributed by atoms with Crippen LogP contribution in [0.2, 0.25) is 0 Å². The fourth-order valence-corrected chi connectivity index (χ4v) is 0. The second-order valence-corrected chi connectivity index (χ2v) is 2.69. The molecule has 0 aliphatic rings. The van der Waals surface area contributed by atoms with E-state index in [1.807, 2.05) is 0 Å². The minimum absolute atomic E-state index is 0. The molecule has 12 heavy (non-hydrogen) atoms. The maximum Gasteiger partial charge on any atom is 0.394 e. The topological polar surface area (TPSA) is 149 Å². The summed E-state index contributed by atoms with van der Waals surface area (Å²) >= 11 is 0. The minimum atomic E-state index is -4.67. The van der Waals surface area contributed by atoms with Gasteiger partial charge < -0.3 is 0 Å². The highest BCUT2D eigenvalue weighted by atomic mass is 32.3. The Morgan fingerprint density at radius 1 is 0.583 bits per heavy atom. The van der Waals surface area contributed by atoms with Crippen molar-refractivity contribution in [2.24, 2.45) is 0 Å². The highest BCUT2D eigenvalue weighted by Gasteiger charge is 1.85. The van der Waals surface area contributed by atoms with Crippen LogP contribution in [-0.4, -0.2) is 69.8 Å². The summed E-state index contributed by atoms with van der Waals surface area (Å²) in [4.78, 5) is 0. The van der Waals surface area contributed by atoms with Crippen molar-refractivity contribution in [3.63, 3.8) is 0 Å². The molecular weight excluding hydrogens is 246 g/mol. The predicted octanol–water partition coefficient (Wildman–Crippen LogP) is -3.67. The van der Waals surface area contributed by atoms with Crippen molar-refractivity contribution in [3.05, 3.63) is 0 Å². The Bertz CT molecular complexity index is 211. The van der Waals surface area contributed by atoms with Gasteiger partial charge in [-0.1, -0.05) is 0 Å². The van der Waals surface area contributed by atoms with Crippen molar-refractivity contribution in [2.75, 3.05) is 0 Å². The van der Waals surface area contributed by atoms with Crippen molar-refractivity contribution in [1.82, 2.24) is 0 Å². The average Bonchev–Trinajstić information content (AvgIpc) is 1.12. The van der Waals surface area contributed by atoms with E-state index >= 15 is 0 Å². The zero-order chi connectivity index (χ0) is 9.00. The van der Waals surface area contributed by atoms with Crippen molar-refractivity contribution in [1.29, 1.82) is 0 Å². The fraction of sp³-hybridized carbons (Fsp3) is 0. The summed E-state index contributed by atoms with van der Waals surface area (Å²) in [7, 11) is -9.33. The van der Waals surface area contributed by atoms with Gasteiger partial charge in [0.15, 0.2) is 34.7 Å². The third-order valence-corrected chi connectivity index (χ3v) is 0. The highest BCUT2D eigenvalue weighted by molar-refractivity contribution is 7.80. The van der Waals surface area contributed by atoms with Crippen molar-refractivity contribution < 1.29 is 35.0 Å². The zero-order valence-corrected chi connectivity index (χ0v) is 5.87. The Hall–Kier alpha value is 0.805. The van der Waals surface area contributed by atoms with Gasteiger partial charge >= 0.3 is 20.8 Å². The van der Waals surface area contributed by atoms with Crippen LogP contribution >= 0.6 is 0 Å². The molecule has 0 amide bonds. The van der Waals surface area contributed by atoms with Gasteiger partial charge in [-0.3, -0.25) is 18.2 Å². The van der Waals surface area contributed by atoms with Gasteiger partial charge in [-0.25, -0.2) is 0 Å². The molecule has 0 aromatic rings. The largest absolute Gasteiger partial charge is 0.394 e. The second kappa shape index (κ2) is 8.41. The van der Waals surface area contributed by atoms with Crippen LogP contribution in [0.15, 0.2) is 0 Å². The Morgan fingerprint density at radius 2 is 0.583 bits per heavy atom. The van der Waals surface area contributed by atoms with Gasteiger partial charge in [-0.15, -0.1) is 0 Å². The lowest BCUT2D eigenvalue weighted by Gasteiger charge is -1.68. The molecule has 0 rings (SSSR count). The Balaban J connectivity index is -0.0000000457. The summed E-state index contributed by atoms with van der Waals surface area (Å²) in [5.41, 5.74) is 0. The minimum Gasteiger partial charge on any atom is -0.264 e. The first-order chi connectivity index (χ1) is 4.00. The van der Waals surface area contributed by atoms with Crippen LogP contribution in [-0.2, 0) is 20.8 Å². The number of hydrogen-bond donors (Lipinski definition) is 4. The van der Waals surface area contributed by atoms with Crippen LogP contribution in [0.25, 0.3) is 0 Å². The molecule has 0 saturated carbocycles. The lowest BCUT2D eigenvalue weighted by Crippen LogP contribution is -1.89. The highest BCUT2D eigenvalue weighted by Crippen LogP contribution is 1.59. The van der Waals surface area contributed by atoms with Crippen LogP contribution in [0, 0.1) is 0 Å². The molecule has 0 unspecified atom stereocenters. The number of hydrogen-bond acceptors (Lipinski definition) is 4. The Morgan fingerprint density at radius 3 is 0.583 bits per heavy atom. The zero-order valence-electron chi connectivity index (χ0n) is 4.24. The molecule has 0 saturated heterocycles. The van der Waals surface area contributed by atoms with Crippen LogP contribution in [0.1, 0.15) is 0 Å². The quantitative estimate of drug-likeness (QED) is 0.256. The summed E-state index contributed by atoms with van der Waals surface area (Å²) in [6.07, 6.45) is 0. The standard InChI is InChI=1S/2Al.2H2O4S.6H/c;;2*1-5(2,3)4;;;;;;/h;;2*(H2,1,2,3,4);;;;;;. The Kier molecular flexibility index (Phi) is 16.1. The van der Waals surface area contributed by atoms with Crippen LogP contribution in [0.3, 0.4) is 0 Å². The van der Waals surface area contributed by atoms with Gasteiger partial charge in [0.25, 0.3) is 0 Å². The van der Waals surface area contributed by atoms with Crippen molar-refractivity contribution in [3.8, 4) is 0 Å². The molecule has 0 aliphatic heterocycles. The SMILES string of the molecule is O=S(=O)(O)O.O=S(=O)(O)O.[AlH3].[AlH3]. The molecule has 0 fully saturated rings. The molecule has 8 nitrogen and oxygen atoms in total. The Labute approximate surface area is 90.4 Å². The monoisotopic (exact) mass is 256 g/mol. The van der Waals surface area contributed by atoms with Crippen molar-refractivity contribution in [2.45, 2.75) is 0 Å². The molecule has 0 aliphatic carbocycles. The molecule has 0 aromatic carbocycles. The first kappa shape index (κ1) is 23.0. The van der Waals surface area contributed by atoms with E-state index in [4.69, 9.17) is 35.0 Å². The maximum absolute atomic E-state index is 8.74. The summed E-state index contributed by atoms with van der Waals surface area (Å²) in [6, 6.07) is 0. The smallest absolute Gasteiger partial charge is 0.264 e. The van der Waals surface area contributed by atoms with E-state index in [1.165, 1.54) is 0 Å². The maximum atomic E-state index is 8.74. The third-order valence-electron chi connectivity index (χ3n) is 0. The molecule has 0 atom stereocenters. The van der Waals surface area contributed by atoms with Gasteiger partial charge in [0.05, 0.1) is 0 Å². The average molecular weight is 256 g/mol. The van der Waals surface area contributed by atoms with E-state index in [2.05, 4.69) is 0 Å². The van der Waals surface area contributed by atoms with Gasteiger partial charge in [0.1, 0.15) is 0 Å². The normalized spacial score (nSPS) is 9.67. The van der Waals surface area contributed by atoms with E-state index in [9.17, 15) is 0 Å². The second-order valence-electron chi connectivity index (χ2n) is 0.896. The van der Waals surface area contributed by atoms with Gasteiger partial charge in [0.2, 0.25) is 0 Å². The van der Waals surface area contributed by atoms with Gasteiger partial charge in [0, 0.05) is 0 Å². The first-order valence-electron chi connectivity index (χ1n) is 1.40. The van der Waals surface area contributed by atoms with E-state index in [0.29, 0.717) is 0 Å². The van der Waals surface area contributed by atoms with Gasteiger partial charge in [-0.05, 0) is 0 Å². The van der Waals surface area contributed by atoms with E-state index in [0.717, 1.165) is 0 Å². The molecule has 12 heteroatoms. The van der Waals surface area contributed by atoms with Crippen molar-refractivity contribution >= 4 is 55.5 Å². The predicted molar refractivity (Wildman–Crippen MR) is 48.2 cm³/mol. The molecule has 0 bridgehead atoms. The van der Waals surface area contributed by atoms with E-state index in [1.54, 1.807) is 0 Å². The van der Waals surface area contributed by atoms with E-state index in [-0.39, 0.29) is 34.7 Å². The summed E-state index contributed by atoms with van der Waals surface area (Å²) in [6.45, 7) is 0. The summed E-state index contributed by atoms with van der Waals surface area (Å²) in [5, 5.41) is 0. The van der Waals surface area contributed by atoms with Crippen LogP contribution in [0.5, 0.6) is 0 Å². The summed E-state index contributed by atoms with van der Waals surface area (Å²) < 4.78 is 63.2. The van der Waals surface area contributed by atoms with E-state index < -0.39 is 20.8 Å². The number of rotatable bonds is 0. The molecule has 0 heterocycles. The summed E-state index contributed by atoms with van der Waals surface area (Å²) in [5.74, 6) is 0. The molecule has 76 valence electrons.